The molecule has 1 unspecified atom stereocenters. The first-order valence-corrected chi connectivity index (χ1v) is 7.07. The zero-order valence-corrected chi connectivity index (χ0v) is 11.7. The molecule has 1 aliphatic heterocycles. The second-order valence-corrected chi connectivity index (χ2v) is 6.41. The summed E-state index contributed by atoms with van der Waals surface area (Å²) < 4.78 is 0. The molecule has 100 valence electrons. The van der Waals surface area contributed by atoms with Gasteiger partial charge in [0.2, 0.25) is 0 Å². The van der Waals surface area contributed by atoms with E-state index < -0.39 is 0 Å². The first-order chi connectivity index (χ1) is 8.55. The number of likely N-dealkylation sites (tertiary alicyclic amines) is 1. The summed E-state index contributed by atoms with van der Waals surface area (Å²) in [4.78, 5) is 2.53. The fourth-order valence-corrected chi connectivity index (χ4v) is 2.65. The van der Waals surface area contributed by atoms with Crippen molar-refractivity contribution in [2.24, 2.45) is 11.1 Å². The number of nitrogens with zero attached hydrogens (tertiary/aromatic N) is 1. The standard InChI is InChI=1S/C16H26N2/c1-16(2)8-10-18(11-9-16)13-15(17)12-14-6-4-3-5-7-14/h3-7,15H,8-13,17H2,1-2H3. The lowest BCUT2D eigenvalue weighted by Gasteiger charge is -2.37. The number of benzene rings is 1. The predicted octanol–water partition coefficient (Wildman–Crippen LogP) is 2.68. The van der Waals surface area contributed by atoms with Gasteiger partial charge in [-0.3, -0.25) is 0 Å². The summed E-state index contributed by atoms with van der Waals surface area (Å²) in [5.74, 6) is 0. The van der Waals surface area contributed by atoms with E-state index in [0.29, 0.717) is 5.41 Å². The van der Waals surface area contributed by atoms with Crippen LogP contribution in [0.25, 0.3) is 0 Å². The molecule has 1 atom stereocenters. The molecule has 0 bridgehead atoms. The molecular weight excluding hydrogens is 220 g/mol. The Kier molecular flexibility index (Phi) is 4.41. The highest BCUT2D eigenvalue weighted by molar-refractivity contribution is 5.15. The molecule has 0 amide bonds. The molecule has 2 nitrogen and oxygen atoms in total. The maximum Gasteiger partial charge on any atom is 0.0208 e. The van der Waals surface area contributed by atoms with Gasteiger partial charge < -0.3 is 10.6 Å². The minimum Gasteiger partial charge on any atom is -0.326 e. The highest BCUT2D eigenvalue weighted by Gasteiger charge is 2.25. The van der Waals surface area contributed by atoms with Gasteiger partial charge in [0, 0.05) is 12.6 Å². The summed E-state index contributed by atoms with van der Waals surface area (Å²) in [6, 6.07) is 10.8. The summed E-state index contributed by atoms with van der Waals surface area (Å²) in [5.41, 5.74) is 8.14. The van der Waals surface area contributed by atoms with Gasteiger partial charge in [-0.15, -0.1) is 0 Å². The minimum atomic E-state index is 0.258. The Hall–Kier alpha value is -0.860. The van der Waals surface area contributed by atoms with Crippen molar-refractivity contribution < 1.29 is 0 Å². The second kappa shape index (κ2) is 5.85. The molecular formula is C16H26N2. The molecule has 1 fully saturated rings. The summed E-state index contributed by atoms with van der Waals surface area (Å²) in [7, 11) is 0. The molecule has 1 aromatic carbocycles. The molecule has 0 spiro atoms. The Morgan fingerprint density at radius 2 is 1.78 bits per heavy atom. The molecule has 0 saturated carbocycles. The van der Waals surface area contributed by atoms with Gasteiger partial charge in [-0.25, -0.2) is 0 Å². The highest BCUT2D eigenvalue weighted by Crippen LogP contribution is 2.29. The van der Waals surface area contributed by atoms with Crippen LogP contribution < -0.4 is 5.73 Å². The molecule has 0 radical (unpaired) electrons. The van der Waals surface area contributed by atoms with E-state index in [1.807, 2.05) is 0 Å². The zero-order chi connectivity index (χ0) is 13.0. The van der Waals surface area contributed by atoms with Crippen LogP contribution >= 0.6 is 0 Å². The molecule has 0 aliphatic carbocycles. The molecule has 1 saturated heterocycles. The summed E-state index contributed by atoms with van der Waals surface area (Å²) >= 11 is 0. The molecule has 0 aromatic heterocycles. The van der Waals surface area contributed by atoms with Crippen molar-refractivity contribution in [2.75, 3.05) is 19.6 Å². The molecule has 1 heterocycles. The molecule has 2 heteroatoms. The monoisotopic (exact) mass is 246 g/mol. The fourth-order valence-electron chi connectivity index (χ4n) is 2.65. The van der Waals surface area contributed by atoms with E-state index >= 15 is 0 Å². The van der Waals surface area contributed by atoms with Gasteiger partial charge in [-0.1, -0.05) is 44.2 Å². The van der Waals surface area contributed by atoms with Crippen molar-refractivity contribution in [3.05, 3.63) is 35.9 Å². The van der Waals surface area contributed by atoms with Crippen LogP contribution in [0.1, 0.15) is 32.3 Å². The first kappa shape index (κ1) is 13.6. The van der Waals surface area contributed by atoms with E-state index in [9.17, 15) is 0 Å². The van der Waals surface area contributed by atoms with E-state index in [4.69, 9.17) is 5.73 Å². The lowest BCUT2D eigenvalue weighted by Crippen LogP contribution is -2.44. The van der Waals surface area contributed by atoms with E-state index in [1.54, 1.807) is 0 Å². The first-order valence-electron chi connectivity index (χ1n) is 7.07. The van der Waals surface area contributed by atoms with Gasteiger partial charge in [0.25, 0.3) is 0 Å². The fraction of sp³-hybridized carbons (Fsp3) is 0.625. The highest BCUT2D eigenvalue weighted by atomic mass is 15.1. The minimum absolute atomic E-state index is 0.258. The van der Waals surface area contributed by atoms with Crippen LogP contribution in [0.5, 0.6) is 0 Å². The third-order valence-electron chi connectivity index (χ3n) is 4.04. The summed E-state index contributed by atoms with van der Waals surface area (Å²) in [6.45, 7) is 8.18. The maximum absolute atomic E-state index is 6.26. The zero-order valence-electron chi connectivity index (χ0n) is 11.7. The van der Waals surface area contributed by atoms with Crippen molar-refractivity contribution in [3.63, 3.8) is 0 Å². The Bertz CT molecular complexity index is 349. The van der Waals surface area contributed by atoms with Crippen LogP contribution in [0.2, 0.25) is 0 Å². The molecule has 1 aromatic rings. The van der Waals surface area contributed by atoms with Crippen molar-refractivity contribution >= 4 is 0 Å². The van der Waals surface area contributed by atoms with Crippen LogP contribution in [-0.4, -0.2) is 30.6 Å². The Balaban J connectivity index is 1.77. The summed E-state index contributed by atoms with van der Waals surface area (Å²) in [6.07, 6.45) is 3.58. The number of rotatable bonds is 4. The van der Waals surface area contributed by atoms with Crippen LogP contribution in [0.3, 0.4) is 0 Å². The predicted molar refractivity (Wildman–Crippen MR) is 77.6 cm³/mol. The number of piperidine rings is 1. The smallest absolute Gasteiger partial charge is 0.0208 e. The largest absolute Gasteiger partial charge is 0.326 e. The van der Waals surface area contributed by atoms with Gasteiger partial charge in [0.15, 0.2) is 0 Å². The number of nitrogens with two attached hydrogens (primary N) is 1. The van der Waals surface area contributed by atoms with Crippen LogP contribution in [0.15, 0.2) is 30.3 Å². The van der Waals surface area contributed by atoms with Crippen LogP contribution in [-0.2, 0) is 6.42 Å². The lowest BCUT2D eigenvalue weighted by atomic mass is 9.82. The lowest BCUT2D eigenvalue weighted by molar-refractivity contribution is 0.127. The third-order valence-corrected chi connectivity index (χ3v) is 4.04. The number of hydrogen-bond acceptors (Lipinski definition) is 2. The van der Waals surface area contributed by atoms with E-state index in [1.165, 1.54) is 31.5 Å². The van der Waals surface area contributed by atoms with Gasteiger partial charge in [-0.05, 0) is 43.3 Å². The van der Waals surface area contributed by atoms with Gasteiger partial charge in [0.1, 0.15) is 0 Å². The average molecular weight is 246 g/mol. The maximum atomic E-state index is 6.26. The van der Waals surface area contributed by atoms with E-state index in [2.05, 4.69) is 49.1 Å². The van der Waals surface area contributed by atoms with Crippen molar-refractivity contribution in [1.29, 1.82) is 0 Å². The van der Waals surface area contributed by atoms with Crippen molar-refractivity contribution in [1.82, 2.24) is 4.90 Å². The molecule has 1 aliphatic rings. The molecule has 18 heavy (non-hydrogen) atoms. The van der Waals surface area contributed by atoms with Gasteiger partial charge in [-0.2, -0.15) is 0 Å². The quantitative estimate of drug-likeness (QED) is 0.885. The Labute approximate surface area is 111 Å². The topological polar surface area (TPSA) is 29.3 Å². The van der Waals surface area contributed by atoms with Gasteiger partial charge in [0.05, 0.1) is 0 Å². The van der Waals surface area contributed by atoms with Crippen molar-refractivity contribution in [2.45, 2.75) is 39.2 Å². The molecule has 2 rings (SSSR count). The van der Waals surface area contributed by atoms with E-state index in [-0.39, 0.29) is 6.04 Å². The molecule has 2 N–H and O–H groups in total. The van der Waals surface area contributed by atoms with Crippen LogP contribution in [0, 0.1) is 5.41 Å². The second-order valence-electron chi connectivity index (χ2n) is 6.41. The SMILES string of the molecule is CC1(C)CCN(CC(N)Cc2ccccc2)CC1. The van der Waals surface area contributed by atoms with Crippen LogP contribution in [0.4, 0.5) is 0 Å². The summed E-state index contributed by atoms with van der Waals surface area (Å²) in [5, 5.41) is 0. The Morgan fingerprint density at radius 3 is 2.39 bits per heavy atom. The van der Waals surface area contributed by atoms with E-state index in [0.717, 1.165) is 13.0 Å². The van der Waals surface area contributed by atoms with Crippen molar-refractivity contribution in [3.8, 4) is 0 Å². The average Bonchev–Trinajstić information content (AvgIpc) is 2.33. The van der Waals surface area contributed by atoms with Gasteiger partial charge >= 0.3 is 0 Å². The normalized spacial score (nSPS) is 21.7. The third kappa shape index (κ3) is 4.11. The number of hydrogen-bond donors (Lipinski definition) is 1. The Morgan fingerprint density at radius 1 is 1.17 bits per heavy atom.